The molecule has 2 aromatic rings. The Morgan fingerprint density at radius 1 is 1.50 bits per heavy atom. The van der Waals surface area contributed by atoms with Gasteiger partial charge in [-0.25, -0.2) is 0 Å². The van der Waals surface area contributed by atoms with Gasteiger partial charge in [-0.15, -0.1) is 11.3 Å². The maximum Gasteiger partial charge on any atom is 0.279 e. The molecule has 0 amide bonds. The first-order valence-corrected chi connectivity index (χ1v) is 9.27. The molecule has 2 aromatic heterocycles. The molecule has 1 aliphatic heterocycles. The molecule has 3 rings (SSSR count). The van der Waals surface area contributed by atoms with Crippen LogP contribution in [0.15, 0.2) is 23.8 Å². The summed E-state index contributed by atoms with van der Waals surface area (Å²) in [5.74, 6) is 0. The molecule has 2 N–H and O–H groups in total. The van der Waals surface area contributed by atoms with E-state index in [4.69, 9.17) is 5.11 Å². The summed E-state index contributed by atoms with van der Waals surface area (Å²) in [5, 5.41) is 15.1. The first-order valence-electron chi connectivity index (χ1n) is 6.95. The molecule has 0 saturated carbocycles. The Morgan fingerprint density at radius 3 is 3.05 bits per heavy atom. The van der Waals surface area contributed by atoms with E-state index < -0.39 is 10.2 Å². The SMILES string of the molecule is CN1CC[C@@H](c2cc(-c3cnn(CCO)c3)cs2)NS1(=O)=O. The van der Waals surface area contributed by atoms with Crippen molar-refractivity contribution < 1.29 is 13.5 Å². The third-order valence-corrected chi connectivity index (χ3v) is 6.32. The number of aromatic nitrogens is 2. The lowest BCUT2D eigenvalue weighted by Gasteiger charge is -2.29. The van der Waals surface area contributed by atoms with Crippen LogP contribution in [-0.4, -0.2) is 47.8 Å². The molecule has 22 heavy (non-hydrogen) atoms. The number of nitrogens with one attached hydrogen (secondary N) is 1. The van der Waals surface area contributed by atoms with Gasteiger partial charge in [-0.05, 0) is 23.4 Å². The fourth-order valence-corrected chi connectivity index (χ4v) is 4.59. The van der Waals surface area contributed by atoms with Crippen LogP contribution in [0.3, 0.4) is 0 Å². The van der Waals surface area contributed by atoms with Crippen molar-refractivity contribution in [2.24, 2.45) is 0 Å². The lowest BCUT2D eigenvalue weighted by molar-refractivity contribution is 0.269. The molecule has 1 aliphatic rings. The van der Waals surface area contributed by atoms with Crippen molar-refractivity contribution in [2.45, 2.75) is 19.0 Å². The Bertz CT molecular complexity index is 753. The van der Waals surface area contributed by atoms with Gasteiger partial charge in [0, 0.05) is 30.2 Å². The average Bonchev–Trinajstić information content (AvgIpc) is 3.10. The maximum atomic E-state index is 11.9. The molecule has 0 bridgehead atoms. The van der Waals surface area contributed by atoms with Crippen LogP contribution in [-0.2, 0) is 16.8 Å². The van der Waals surface area contributed by atoms with E-state index in [1.807, 2.05) is 17.6 Å². The second kappa shape index (κ2) is 6.09. The molecule has 120 valence electrons. The third-order valence-electron chi connectivity index (χ3n) is 3.69. The quantitative estimate of drug-likeness (QED) is 0.861. The second-order valence-corrected chi connectivity index (χ2v) is 7.99. The van der Waals surface area contributed by atoms with E-state index in [0.717, 1.165) is 22.4 Å². The normalized spacial score (nSPS) is 22.0. The topological polar surface area (TPSA) is 87.5 Å². The first-order chi connectivity index (χ1) is 10.5. The van der Waals surface area contributed by atoms with Crippen LogP contribution in [0.2, 0.25) is 0 Å². The van der Waals surface area contributed by atoms with Crippen molar-refractivity contribution in [3.8, 4) is 11.1 Å². The Labute approximate surface area is 133 Å². The number of nitrogens with zero attached hydrogens (tertiary/aromatic N) is 3. The van der Waals surface area contributed by atoms with Crippen LogP contribution in [0.25, 0.3) is 11.1 Å². The van der Waals surface area contributed by atoms with E-state index in [9.17, 15) is 8.42 Å². The van der Waals surface area contributed by atoms with Gasteiger partial charge in [0.05, 0.1) is 25.4 Å². The fraction of sp³-hybridized carbons (Fsp3) is 0.462. The zero-order chi connectivity index (χ0) is 15.7. The van der Waals surface area contributed by atoms with Gasteiger partial charge in [0.25, 0.3) is 10.2 Å². The zero-order valence-electron chi connectivity index (χ0n) is 12.1. The van der Waals surface area contributed by atoms with Gasteiger partial charge in [0.1, 0.15) is 0 Å². The summed E-state index contributed by atoms with van der Waals surface area (Å²) >= 11 is 1.54. The standard InChI is InChI=1S/C13H18N4O3S2/c1-16-3-2-12(15-22(16,19)20)13-6-10(9-21-13)11-7-14-17(8-11)4-5-18/h6-9,12,15,18H,2-5H2,1H3/t12-/m0/s1. The molecular formula is C13H18N4O3S2. The number of hydrogen-bond donors (Lipinski definition) is 2. The average molecular weight is 342 g/mol. The molecule has 0 radical (unpaired) electrons. The van der Waals surface area contributed by atoms with Crippen molar-refractivity contribution >= 4 is 21.5 Å². The molecule has 0 spiro atoms. The fourth-order valence-electron chi connectivity index (χ4n) is 2.38. The maximum absolute atomic E-state index is 11.9. The van der Waals surface area contributed by atoms with Crippen LogP contribution in [0, 0.1) is 0 Å². The molecule has 0 aliphatic carbocycles. The van der Waals surface area contributed by atoms with Crippen molar-refractivity contribution in [3.05, 3.63) is 28.7 Å². The van der Waals surface area contributed by atoms with E-state index >= 15 is 0 Å². The monoisotopic (exact) mass is 342 g/mol. The van der Waals surface area contributed by atoms with Gasteiger partial charge in [-0.1, -0.05) is 0 Å². The molecule has 0 unspecified atom stereocenters. The molecule has 7 nitrogen and oxygen atoms in total. The van der Waals surface area contributed by atoms with Crippen LogP contribution < -0.4 is 4.72 Å². The molecule has 9 heteroatoms. The predicted molar refractivity (Wildman–Crippen MR) is 84.7 cm³/mol. The van der Waals surface area contributed by atoms with Crippen molar-refractivity contribution in [1.29, 1.82) is 0 Å². The third kappa shape index (κ3) is 3.08. The highest BCUT2D eigenvalue weighted by atomic mass is 32.2. The summed E-state index contributed by atoms with van der Waals surface area (Å²) in [4.78, 5) is 1.00. The van der Waals surface area contributed by atoms with Gasteiger partial charge in [-0.3, -0.25) is 4.68 Å². The Kier molecular flexibility index (Phi) is 4.33. The van der Waals surface area contributed by atoms with E-state index in [-0.39, 0.29) is 12.6 Å². The highest BCUT2D eigenvalue weighted by Crippen LogP contribution is 2.32. The molecule has 3 heterocycles. The minimum atomic E-state index is -3.37. The molecule has 1 saturated heterocycles. The lowest BCUT2D eigenvalue weighted by Crippen LogP contribution is -2.46. The minimum Gasteiger partial charge on any atom is -0.394 e. The summed E-state index contributed by atoms with van der Waals surface area (Å²) in [5.41, 5.74) is 1.98. The van der Waals surface area contributed by atoms with Gasteiger partial charge in [0.2, 0.25) is 0 Å². The van der Waals surface area contributed by atoms with E-state index in [1.165, 1.54) is 4.31 Å². The summed E-state index contributed by atoms with van der Waals surface area (Å²) in [6, 6.07) is 1.83. The molecule has 0 aromatic carbocycles. The summed E-state index contributed by atoms with van der Waals surface area (Å²) < 4.78 is 29.5. The van der Waals surface area contributed by atoms with Gasteiger partial charge >= 0.3 is 0 Å². The largest absolute Gasteiger partial charge is 0.394 e. The predicted octanol–water partition coefficient (Wildman–Crippen LogP) is 0.815. The smallest absolute Gasteiger partial charge is 0.279 e. The molecule has 1 fully saturated rings. The Balaban J connectivity index is 1.78. The summed E-state index contributed by atoms with van der Waals surface area (Å²) in [6.45, 7) is 1.03. The number of hydrogen-bond acceptors (Lipinski definition) is 5. The van der Waals surface area contributed by atoms with Gasteiger partial charge in [-0.2, -0.15) is 22.5 Å². The first kappa shape index (κ1) is 15.6. The highest BCUT2D eigenvalue weighted by molar-refractivity contribution is 7.87. The van der Waals surface area contributed by atoms with Crippen LogP contribution in [0.1, 0.15) is 17.3 Å². The molecule has 1 atom stereocenters. The van der Waals surface area contributed by atoms with Crippen molar-refractivity contribution in [3.63, 3.8) is 0 Å². The number of aliphatic hydroxyl groups is 1. The zero-order valence-corrected chi connectivity index (χ0v) is 13.8. The van der Waals surface area contributed by atoms with Crippen LogP contribution in [0.4, 0.5) is 0 Å². The van der Waals surface area contributed by atoms with E-state index in [2.05, 4.69) is 9.82 Å². The van der Waals surface area contributed by atoms with Crippen LogP contribution in [0.5, 0.6) is 0 Å². The summed E-state index contributed by atoms with van der Waals surface area (Å²) in [7, 11) is -1.79. The number of thiophene rings is 1. The van der Waals surface area contributed by atoms with E-state index in [1.54, 1.807) is 29.3 Å². The number of rotatable bonds is 4. The lowest BCUT2D eigenvalue weighted by atomic mass is 10.1. The Morgan fingerprint density at radius 2 is 2.32 bits per heavy atom. The van der Waals surface area contributed by atoms with E-state index in [0.29, 0.717) is 13.1 Å². The second-order valence-electron chi connectivity index (χ2n) is 5.24. The number of aliphatic hydroxyl groups excluding tert-OH is 1. The minimum absolute atomic E-state index is 0.0490. The summed E-state index contributed by atoms with van der Waals surface area (Å²) in [6.07, 6.45) is 4.38. The Hall–Kier alpha value is -1.26. The van der Waals surface area contributed by atoms with Crippen LogP contribution >= 0.6 is 11.3 Å². The van der Waals surface area contributed by atoms with Crippen molar-refractivity contribution in [2.75, 3.05) is 20.2 Å². The highest BCUT2D eigenvalue weighted by Gasteiger charge is 2.30. The van der Waals surface area contributed by atoms with Gasteiger partial charge in [0.15, 0.2) is 0 Å². The molecular weight excluding hydrogens is 324 g/mol. The van der Waals surface area contributed by atoms with Crippen molar-refractivity contribution in [1.82, 2.24) is 18.8 Å². The van der Waals surface area contributed by atoms with Gasteiger partial charge < -0.3 is 5.11 Å².